The highest BCUT2D eigenvalue weighted by molar-refractivity contribution is 5.85. The van der Waals surface area contributed by atoms with Crippen LogP contribution in [0.3, 0.4) is 0 Å². The molecule has 0 unspecified atom stereocenters. The number of halogens is 1. The molecule has 22 heavy (non-hydrogen) atoms. The molecule has 1 aromatic carbocycles. The van der Waals surface area contributed by atoms with Gasteiger partial charge in [0.2, 0.25) is 0 Å². The molecule has 2 heterocycles. The minimum absolute atomic E-state index is 0. The summed E-state index contributed by atoms with van der Waals surface area (Å²) in [5, 5.41) is 3.33. The number of hydrogen-bond donors (Lipinski definition) is 2. The van der Waals surface area contributed by atoms with Gasteiger partial charge in [0.05, 0.1) is 11.1 Å². The van der Waals surface area contributed by atoms with Crippen molar-refractivity contribution in [2.75, 3.05) is 13.1 Å². The Hall–Kier alpha value is -1.65. The Labute approximate surface area is 135 Å². The van der Waals surface area contributed by atoms with Crippen LogP contribution in [0.4, 0.5) is 0 Å². The average Bonchev–Trinajstić information content (AvgIpc) is 3.33. The van der Waals surface area contributed by atoms with E-state index in [9.17, 15) is 4.79 Å². The zero-order valence-electron chi connectivity index (χ0n) is 12.4. The Bertz CT molecular complexity index is 722. The largest absolute Gasteiger partial charge is 0.316 e. The lowest BCUT2D eigenvalue weighted by molar-refractivity contribution is 0.703. The fourth-order valence-corrected chi connectivity index (χ4v) is 3.33. The second-order valence-electron chi connectivity index (χ2n) is 6.04. The lowest BCUT2D eigenvalue weighted by Gasteiger charge is -2.16. The zero-order valence-corrected chi connectivity index (χ0v) is 13.2. The number of fused-ring (bicyclic) bond motifs is 1. The molecule has 0 spiro atoms. The van der Waals surface area contributed by atoms with Gasteiger partial charge in [-0.1, -0.05) is 30.3 Å². The van der Waals surface area contributed by atoms with Crippen molar-refractivity contribution >= 4 is 12.4 Å². The predicted octanol–water partition coefficient (Wildman–Crippen LogP) is 1.96. The predicted molar refractivity (Wildman–Crippen MR) is 88.8 cm³/mol. The normalized spacial score (nSPS) is 18.7. The van der Waals surface area contributed by atoms with Gasteiger partial charge in [-0.3, -0.25) is 4.79 Å². The third-order valence-electron chi connectivity index (χ3n) is 4.72. The molecule has 116 valence electrons. The first kappa shape index (κ1) is 15.3. The minimum Gasteiger partial charge on any atom is -0.316 e. The summed E-state index contributed by atoms with van der Waals surface area (Å²) in [4.78, 5) is 20.3. The van der Waals surface area contributed by atoms with Gasteiger partial charge in [0.1, 0.15) is 5.82 Å². The van der Waals surface area contributed by atoms with Crippen molar-refractivity contribution in [2.45, 2.75) is 31.1 Å². The molecule has 2 N–H and O–H groups in total. The van der Waals surface area contributed by atoms with Gasteiger partial charge in [-0.15, -0.1) is 12.4 Å². The number of H-pyrrole nitrogens is 1. The molecular weight excluding hydrogens is 298 g/mol. The van der Waals surface area contributed by atoms with E-state index in [2.05, 4.69) is 34.6 Å². The van der Waals surface area contributed by atoms with Crippen molar-refractivity contribution in [1.29, 1.82) is 0 Å². The number of aromatic amines is 1. The maximum atomic E-state index is 12.4. The molecule has 1 aromatic heterocycles. The maximum Gasteiger partial charge on any atom is 0.254 e. The SMILES string of the molecule is Cl.O=c1[nH]c(C2(c3ccccc3)CC2)nc2c1CCNCC2. The number of rotatable bonds is 2. The number of benzene rings is 1. The smallest absolute Gasteiger partial charge is 0.254 e. The van der Waals surface area contributed by atoms with E-state index in [0.29, 0.717) is 0 Å². The molecule has 0 atom stereocenters. The lowest BCUT2D eigenvalue weighted by atomic mass is 9.94. The Morgan fingerprint density at radius 1 is 1.05 bits per heavy atom. The van der Waals surface area contributed by atoms with Crippen LogP contribution in [0.1, 0.15) is 35.5 Å². The summed E-state index contributed by atoms with van der Waals surface area (Å²) in [6, 6.07) is 10.4. The number of aromatic nitrogens is 2. The number of hydrogen-bond acceptors (Lipinski definition) is 3. The molecule has 5 heteroatoms. The van der Waals surface area contributed by atoms with E-state index in [0.717, 1.165) is 55.9 Å². The number of nitrogens with one attached hydrogen (secondary N) is 2. The van der Waals surface area contributed by atoms with Gasteiger partial charge < -0.3 is 10.3 Å². The summed E-state index contributed by atoms with van der Waals surface area (Å²) in [7, 11) is 0. The molecule has 0 saturated heterocycles. The van der Waals surface area contributed by atoms with E-state index < -0.39 is 0 Å². The van der Waals surface area contributed by atoms with Crippen LogP contribution < -0.4 is 10.9 Å². The van der Waals surface area contributed by atoms with Gasteiger partial charge >= 0.3 is 0 Å². The highest BCUT2D eigenvalue weighted by Crippen LogP contribution is 2.51. The third kappa shape index (κ3) is 2.46. The Morgan fingerprint density at radius 2 is 1.77 bits per heavy atom. The molecule has 1 saturated carbocycles. The lowest BCUT2D eigenvalue weighted by Crippen LogP contribution is -2.25. The van der Waals surface area contributed by atoms with Crippen LogP contribution in [0.15, 0.2) is 35.1 Å². The fourth-order valence-electron chi connectivity index (χ4n) is 3.33. The molecule has 2 aromatic rings. The summed E-state index contributed by atoms with van der Waals surface area (Å²) >= 11 is 0. The molecular formula is C17H20ClN3O. The quantitative estimate of drug-likeness (QED) is 0.890. The summed E-state index contributed by atoms with van der Waals surface area (Å²) in [5.41, 5.74) is 3.11. The van der Waals surface area contributed by atoms with Crippen LogP contribution in [-0.2, 0) is 18.3 Å². The molecule has 0 amide bonds. The molecule has 2 aliphatic rings. The standard InChI is InChI=1S/C17H19N3O.ClH/c21-15-13-6-10-18-11-7-14(13)19-16(20-15)17(8-9-17)12-4-2-1-3-5-12;/h1-5,18H,6-11H2,(H,19,20,21);1H. The average molecular weight is 318 g/mol. The molecule has 1 aliphatic carbocycles. The van der Waals surface area contributed by atoms with E-state index >= 15 is 0 Å². The van der Waals surface area contributed by atoms with E-state index in [1.165, 1.54) is 5.56 Å². The first-order valence-corrected chi connectivity index (χ1v) is 7.68. The third-order valence-corrected chi connectivity index (χ3v) is 4.72. The zero-order chi connectivity index (χ0) is 14.3. The second kappa shape index (κ2) is 5.86. The molecule has 0 radical (unpaired) electrons. The molecule has 0 bridgehead atoms. The van der Waals surface area contributed by atoms with Crippen molar-refractivity contribution in [1.82, 2.24) is 15.3 Å². The summed E-state index contributed by atoms with van der Waals surface area (Å²) in [5.74, 6) is 0.861. The van der Waals surface area contributed by atoms with Crippen LogP contribution in [0, 0.1) is 0 Å². The summed E-state index contributed by atoms with van der Waals surface area (Å²) < 4.78 is 0. The van der Waals surface area contributed by atoms with Crippen molar-refractivity contribution in [2.24, 2.45) is 0 Å². The maximum absolute atomic E-state index is 12.4. The fraction of sp³-hybridized carbons (Fsp3) is 0.412. The van der Waals surface area contributed by atoms with Gasteiger partial charge in [-0.05, 0) is 31.4 Å². The number of nitrogens with zero attached hydrogens (tertiary/aromatic N) is 1. The summed E-state index contributed by atoms with van der Waals surface area (Å²) in [6.07, 6.45) is 3.75. The first-order valence-electron chi connectivity index (χ1n) is 7.68. The Kier molecular flexibility index (Phi) is 4.06. The Morgan fingerprint density at radius 3 is 2.50 bits per heavy atom. The molecule has 1 fully saturated rings. The van der Waals surface area contributed by atoms with E-state index in [4.69, 9.17) is 4.98 Å². The van der Waals surface area contributed by atoms with E-state index in [-0.39, 0.29) is 23.4 Å². The molecule has 4 nitrogen and oxygen atoms in total. The highest BCUT2D eigenvalue weighted by Gasteiger charge is 2.48. The highest BCUT2D eigenvalue weighted by atomic mass is 35.5. The second-order valence-corrected chi connectivity index (χ2v) is 6.04. The van der Waals surface area contributed by atoms with Crippen molar-refractivity contribution in [3.63, 3.8) is 0 Å². The van der Waals surface area contributed by atoms with Crippen LogP contribution >= 0.6 is 12.4 Å². The molecule has 1 aliphatic heterocycles. The van der Waals surface area contributed by atoms with Gasteiger partial charge in [-0.25, -0.2) is 4.98 Å². The minimum atomic E-state index is -0.0603. The monoisotopic (exact) mass is 317 g/mol. The van der Waals surface area contributed by atoms with Crippen LogP contribution in [0.2, 0.25) is 0 Å². The Balaban J connectivity index is 0.00000144. The van der Waals surface area contributed by atoms with Crippen LogP contribution in [-0.4, -0.2) is 23.1 Å². The van der Waals surface area contributed by atoms with Gasteiger partial charge in [-0.2, -0.15) is 0 Å². The summed E-state index contributed by atoms with van der Waals surface area (Å²) in [6.45, 7) is 1.77. The van der Waals surface area contributed by atoms with Crippen LogP contribution in [0.25, 0.3) is 0 Å². The van der Waals surface area contributed by atoms with Gasteiger partial charge in [0, 0.05) is 18.5 Å². The topological polar surface area (TPSA) is 57.8 Å². The van der Waals surface area contributed by atoms with Crippen LogP contribution in [0.5, 0.6) is 0 Å². The van der Waals surface area contributed by atoms with Crippen molar-refractivity contribution < 1.29 is 0 Å². The van der Waals surface area contributed by atoms with Crippen molar-refractivity contribution in [3.05, 3.63) is 63.3 Å². The first-order chi connectivity index (χ1) is 10.3. The van der Waals surface area contributed by atoms with Gasteiger partial charge in [0.15, 0.2) is 0 Å². The van der Waals surface area contributed by atoms with E-state index in [1.54, 1.807) is 0 Å². The van der Waals surface area contributed by atoms with E-state index in [1.807, 2.05) is 6.07 Å². The molecule has 4 rings (SSSR count). The van der Waals surface area contributed by atoms with Gasteiger partial charge in [0.25, 0.3) is 5.56 Å². The van der Waals surface area contributed by atoms with Crippen molar-refractivity contribution in [3.8, 4) is 0 Å².